The van der Waals surface area contributed by atoms with Gasteiger partial charge in [-0.15, -0.1) is 5.10 Å². The summed E-state index contributed by atoms with van der Waals surface area (Å²) in [5, 5.41) is 14.4. The molecule has 0 saturated carbocycles. The van der Waals surface area contributed by atoms with Crippen molar-refractivity contribution in [2.45, 2.75) is 52.1 Å². The number of thioether (sulfide) groups is 1. The maximum Gasteiger partial charge on any atom is 0.315 e. The smallest absolute Gasteiger partial charge is 0.315 e. The standard InChI is InChI=1S/C13H26N4OS/c1-11(2)15-10-12-16-17-13(18-12)14-8-6-4-5-7-9-19-3/h11,15H,4-10H2,1-3H3,(H,14,17). The average Bonchev–Trinajstić information content (AvgIpc) is 2.83. The number of rotatable bonds is 11. The molecule has 0 aliphatic carbocycles. The number of aromatic nitrogens is 2. The van der Waals surface area contributed by atoms with Crippen molar-refractivity contribution >= 4 is 17.8 Å². The largest absolute Gasteiger partial charge is 0.407 e. The third kappa shape index (κ3) is 8.10. The zero-order valence-corrected chi connectivity index (χ0v) is 13.1. The number of nitrogens with one attached hydrogen (secondary N) is 2. The fraction of sp³-hybridized carbons (Fsp3) is 0.846. The summed E-state index contributed by atoms with van der Waals surface area (Å²) in [5.74, 6) is 1.90. The summed E-state index contributed by atoms with van der Waals surface area (Å²) in [6.45, 7) is 5.71. The summed E-state index contributed by atoms with van der Waals surface area (Å²) >= 11 is 1.92. The molecule has 19 heavy (non-hydrogen) atoms. The summed E-state index contributed by atoms with van der Waals surface area (Å²) in [7, 11) is 0. The van der Waals surface area contributed by atoms with Crippen molar-refractivity contribution in [1.29, 1.82) is 0 Å². The third-order valence-electron chi connectivity index (χ3n) is 2.68. The monoisotopic (exact) mass is 286 g/mol. The SMILES string of the molecule is CSCCCCCCNc1nnc(CNC(C)C)o1. The van der Waals surface area contributed by atoms with Crippen LogP contribution in [0.5, 0.6) is 0 Å². The molecule has 0 aromatic carbocycles. The van der Waals surface area contributed by atoms with Gasteiger partial charge >= 0.3 is 6.01 Å². The highest BCUT2D eigenvalue weighted by molar-refractivity contribution is 7.98. The van der Waals surface area contributed by atoms with Gasteiger partial charge in [0, 0.05) is 12.6 Å². The van der Waals surface area contributed by atoms with E-state index < -0.39 is 0 Å². The minimum Gasteiger partial charge on any atom is -0.407 e. The topological polar surface area (TPSA) is 63.0 Å². The van der Waals surface area contributed by atoms with Crippen LogP contribution >= 0.6 is 11.8 Å². The highest BCUT2D eigenvalue weighted by atomic mass is 32.2. The van der Waals surface area contributed by atoms with E-state index in [1.165, 1.54) is 25.0 Å². The molecule has 1 heterocycles. The predicted octanol–water partition coefficient (Wildman–Crippen LogP) is 2.90. The van der Waals surface area contributed by atoms with E-state index in [1.807, 2.05) is 11.8 Å². The normalized spacial score (nSPS) is 11.2. The van der Waals surface area contributed by atoms with Crippen LogP contribution in [0.3, 0.4) is 0 Å². The number of hydrogen-bond donors (Lipinski definition) is 2. The van der Waals surface area contributed by atoms with Gasteiger partial charge in [0.15, 0.2) is 0 Å². The molecule has 0 amide bonds. The Hall–Kier alpha value is -0.750. The van der Waals surface area contributed by atoms with Crippen molar-refractivity contribution in [1.82, 2.24) is 15.5 Å². The second kappa shape index (κ2) is 10.1. The van der Waals surface area contributed by atoms with E-state index in [2.05, 4.69) is 40.9 Å². The number of anilines is 1. The van der Waals surface area contributed by atoms with Gasteiger partial charge in [-0.05, 0) is 24.9 Å². The molecule has 0 unspecified atom stereocenters. The molecular formula is C13H26N4OS. The summed E-state index contributed by atoms with van der Waals surface area (Å²) in [5.41, 5.74) is 0. The lowest BCUT2D eigenvalue weighted by Crippen LogP contribution is -2.21. The molecule has 0 aliphatic rings. The van der Waals surface area contributed by atoms with Crippen LogP contribution in [0.25, 0.3) is 0 Å². The Morgan fingerprint density at radius 1 is 1.16 bits per heavy atom. The maximum atomic E-state index is 5.48. The maximum absolute atomic E-state index is 5.48. The van der Waals surface area contributed by atoms with Crippen molar-refractivity contribution in [2.75, 3.05) is 23.9 Å². The molecule has 1 aromatic rings. The third-order valence-corrected chi connectivity index (χ3v) is 3.38. The first-order valence-electron chi connectivity index (χ1n) is 7.01. The van der Waals surface area contributed by atoms with Gasteiger partial charge in [0.05, 0.1) is 6.54 Å². The van der Waals surface area contributed by atoms with Crippen molar-refractivity contribution in [3.05, 3.63) is 5.89 Å². The lowest BCUT2D eigenvalue weighted by Gasteiger charge is -2.03. The van der Waals surface area contributed by atoms with E-state index in [0.29, 0.717) is 24.5 Å². The van der Waals surface area contributed by atoms with Crippen LogP contribution in [0.1, 0.15) is 45.4 Å². The molecule has 1 rings (SSSR count). The number of hydrogen-bond acceptors (Lipinski definition) is 6. The molecule has 110 valence electrons. The molecule has 5 nitrogen and oxygen atoms in total. The highest BCUT2D eigenvalue weighted by Gasteiger charge is 2.05. The van der Waals surface area contributed by atoms with Gasteiger partial charge in [0.1, 0.15) is 0 Å². The average molecular weight is 286 g/mol. The van der Waals surface area contributed by atoms with Crippen molar-refractivity contribution in [3.63, 3.8) is 0 Å². The van der Waals surface area contributed by atoms with E-state index >= 15 is 0 Å². The zero-order valence-electron chi connectivity index (χ0n) is 12.2. The number of unbranched alkanes of at least 4 members (excludes halogenated alkanes) is 3. The van der Waals surface area contributed by atoms with E-state index in [4.69, 9.17) is 4.42 Å². The van der Waals surface area contributed by atoms with Gasteiger partial charge in [-0.1, -0.05) is 31.8 Å². The van der Waals surface area contributed by atoms with Crippen LogP contribution in [-0.4, -0.2) is 34.8 Å². The minimum atomic E-state index is 0.421. The zero-order chi connectivity index (χ0) is 13.9. The number of nitrogens with zero attached hydrogens (tertiary/aromatic N) is 2. The Balaban J connectivity index is 2.06. The van der Waals surface area contributed by atoms with Crippen LogP contribution in [0, 0.1) is 0 Å². The lowest BCUT2D eigenvalue weighted by molar-refractivity contribution is 0.458. The molecule has 0 atom stereocenters. The van der Waals surface area contributed by atoms with Crippen LogP contribution in [0.2, 0.25) is 0 Å². The molecule has 0 fully saturated rings. The molecule has 0 saturated heterocycles. The summed E-state index contributed by atoms with van der Waals surface area (Å²) in [6, 6.07) is 0.953. The predicted molar refractivity (Wildman–Crippen MR) is 81.6 cm³/mol. The highest BCUT2D eigenvalue weighted by Crippen LogP contribution is 2.07. The molecule has 1 aromatic heterocycles. The molecule has 0 radical (unpaired) electrons. The quantitative estimate of drug-likeness (QED) is 0.610. The van der Waals surface area contributed by atoms with Gasteiger partial charge in [0.2, 0.25) is 5.89 Å². The van der Waals surface area contributed by atoms with E-state index in [-0.39, 0.29) is 0 Å². The minimum absolute atomic E-state index is 0.421. The summed E-state index contributed by atoms with van der Waals surface area (Å²) in [6.07, 6.45) is 7.17. The molecule has 2 N–H and O–H groups in total. The van der Waals surface area contributed by atoms with Gasteiger partial charge in [-0.3, -0.25) is 0 Å². The van der Waals surface area contributed by atoms with Crippen molar-refractivity contribution in [2.24, 2.45) is 0 Å². The van der Waals surface area contributed by atoms with Crippen LogP contribution < -0.4 is 10.6 Å². The first kappa shape index (κ1) is 16.3. The first-order valence-corrected chi connectivity index (χ1v) is 8.40. The fourth-order valence-corrected chi connectivity index (χ4v) is 2.10. The van der Waals surface area contributed by atoms with E-state index in [0.717, 1.165) is 13.0 Å². The van der Waals surface area contributed by atoms with Gasteiger partial charge < -0.3 is 15.1 Å². The Morgan fingerprint density at radius 2 is 1.95 bits per heavy atom. The van der Waals surface area contributed by atoms with Gasteiger partial charge in [-0.25, -0.2) is 0 Å². The molecule has 6 heteroatoms. The van der Waals surface area contributed by atoms with E-state index in [9.17, 15) is 0 Å². The van der Waals surface area contributed by atoms with Crippen molar-refractivity contribution in [3.8, 4) is 0 Å². The Morgan fingerprint density at radius 3 is 2.68 bits per heavy atom. The van der Waals surface area contributed by atoms with E-state index in [1.54, 1.807) is 0 Å². The second-order valence-corrected chi connectivity index (χ2v) is 5.86. The molecule has 0 bridgehead atoms. The van der Waals surface area contributed by atoms with Crippen molar-refractivity contribution < 1.29 is 4.42 Å². The molecule has 0 spiro atoms. The van der Waals surface area contributed by atoms with Crippen LogP contribution in [0.4, 0.5) is 6.01 Å². The lowest BCUT2D eigenvalue weighted by atomic mass is 10.2. The summed E-state index contributed by atoms with van der Waals surface area (Å²) < 4.78 is 5.48. The molecular weight excluding hydrogens is 260 g/mol. The fourth-order valence-electron chi connectivity index (χ4n) is 1.61. The van der Waals surface area contributed by atoms with Crippen LogP contribution in [-0.2, 0) is 6.54 Å². The Labute approximate surface area is 120 Å². The van der Waals surface area contributed by atoms with Gasteiger partial charge in [0.25, 0.3) is 0 Å². The van der Waals surface area contributed by atoms with Crippen LogP contribution in [0.15, 0.2) is 4.42 Å². The van der Waals surface area contributed by atoms with Gasteiger partial charge in [-0.2, -0.15) is 11.8 Å². The second-order valence-electron chi connectivity index (χ2n) is 4.87. The summed E-state index contributed by atoms with van der Waals surface area (Å²) in [4.78, 5) is 0. The Bertz CT molecular complexity index is 330. The molecule has 0 aliphatic heterocycles. The first-order chi connectivity index (χ1) is 9.22. The Kier molecular flexibility index (Phi) is 8.66.